The lowest BCUT2D eigenvalue weighted by atomic mass is 10.2. The van der Waals surface area contributed by atoms with E-state index in [2.05, 4.69) is 20.8 Å². The molecule has 0 bridgehead atoms. The number of methoxy groups -OCH3 is 1. The summed E-state index contributed by atoms with van der Waals surface area (Å²) < 4.78 is 13.1. The fourth-order valence-electron chi connectivity index (χ4n) is 2.67. The molecule has 160 valence electrons. The summed E-state index contributed by atoms with van der Waals surface area (Å²) >= 11 is 13.8. The Kier molecular flexibility index (Phi) is 8.62. The molecule has 0 aliphatic carbocycles. The first kappa shape index (κ1) is 22.7. The van der Waals surface area contributed by atoms with Crippen LogP contribution in [0.2, 0.25) is 10.0 Å². The molecule has 10 heteroatoms. The van der Waals surface area contributed by atoms with Gasteiger partial charge in [0.25, 0.3) is 0 Å². The van der Waals surface area contributed by atoms with Crippen molar-refractivity contribution in [2.24, 2.45) is 7.05 Å². The maximum Gasteiger partial charge on any atom is 0.209 e. The minimum atomic E-state index is 0.336. The van der Waals surface area contributed by atoms with Crippen LogP contribution < -0.4 is 14.8 Å². The molecule has 0 amide bonds. The molecular formula is C20H23Cl2N5O2S. The Morgan fingerprint density at radius 2 is 2.00 bits per heavy atom. The SMILES string of the molecule is COc1cc(CNCCCSc2nnnn2C)ccc1OCc1ccc(Cl)cc1Cl. The van der Waals surface area contributed by atoms with Crippen LogP contribution in [0.15, 0.2) is 41.6 Å². The summed E-state index contributed by atoms with van der Waals surface area (Å²) in [6.45, 7) is 1.98. The highest BCUT2D eigenvalue weighted by Crippen LogP contribution is 2.30. The minimum Gasteiger partial charge on any atom is -0.493 e. The van der Waals surface area contributed by atoms with Gasteiger partial charge in [-0.15, -0.1) is 5.10 Å². The van der Waals surface area contributed by atoms with E-state index in [0.717, 1.165) is 41.5 Å². The monoisotopic (exact) mass is 467 g/mol. The topological polar surface area (TPSA) is 74.1 Å². The number of aromatic nitrogens is 4. The van der Waals surface area contributed by atoms with E-state index in [9.17, 15) is 0 Å². The molecule has 0 fully saturated rings. The average Bonchev–Trinajstić information content (AvgIpc) is 3.15. The van der Waals surface area contributed by atoms with E-state index in [1.54, 1.807) is 35.7 Å². The van der Waals surface area contributed by atoms with Crippen molar-refractivity contribution in [2.45, 2.75) is 24.7 Å². The summed E-state index contributed by atoms with van der Waals surface area (Å²) in [6.07, 6.45) is 1.01. The van der Waals surface area contributed by atoms with Gasteiger partial charge in [-0.05, 0) is 53.2 Å². The van der Waals surface area contributed by atoms with E-state index >= 15 is 0 Å². The second-order valence-corrected chi connectivity index (χ2v) is 8.38. The molecule has 30 heavy (non-hydrogen) atoms. The highest BCUT2D eigenvalue weighted by atomic mass is 35.5. The standard InChI is InChI=1S/C20H23Cl2N5O2S/c1-27-20(24-25-26-27)30-9-3-8-23-12-14-4-7-18(19(10-14)28-2)29-13-15-5-6-16(21)11-17(15)22/h4-7,10-11,23H,3,8-9,12-13H2,1-2H3. The quantitative estimate of drug-likeness (QED) is 0.331. The van der Waals surface area contributed by atoms with Crippen LogP contribution in [0.5, 0.6) is 11.5 Å². The van der Waals surface area contributed by atoms with Crippen LogP contribution in [-0.2, 0) is 20.2 Å². The lowest BCUT2D eigenvalue weighted by molar-refractivity contribution is 0.284. The zero-order valence-corrected chi connectivity index (χ0v) is 19.1. The Morgan fingerprint density at radius 1 is 1.13 bits per heavy atom. The van der Waals surface area contributed by atoms with Crippen LogP contribution in [0.3, 0.4) is 0 Å². The van der Waals surface area contributed by atoms with Crippen molar-refractivity contribution in [3.05, 3.63) is 57.6 Å². The van der Waals surface area contributed by atoms with E-state index in [4.69, 9.17) is 32.7 Å². The Balaban J connectivity index is 1.44. The molecule has 0 saturated heterocycles. The second kappa shape index (κ2) is 11.4. The van der Waals surface area contributed by atoms with Crippen LogP contribution in [0, 0.1) is 0 Å². The lowest BCUT2D eigenvalue weighted by Crippen LogP contribution is -2.15. The van der Waals surface area contributed by atoms with Gasteiger partial charge in [-0.2, -0.15) is 0 Å². The van der Waals surface area contributed by atoms with Gasteiger partial charge in [0, 0.05) is 35.0 Å². The normalized spacial score (nSPS) is 10.9. The fraction of sp³-hybridized carbons (Fsp3) is 0.350. The molecule has 3 rings (SSSR count). The van der Waals surface area contributed by atoms with Gasteiger partial charge in [0.2, 0.25) is 5.16 Å². The third-order valence-electron chi connectivity index (χ3n) is 4.27. The summed E-state index contributed by atoms with van der Waals surface area (Å²) in [5.41, 5.74) is 1.98. The first-order chi connectivity index (χ1) is 14.6. The first-order valence-corrected chi connectivity index (χ1v) is 11.1. The Hall–Kier alpha value is -2.00. The number of aryl methyl sites for hydroxylation is 1. The van der Waals surface area contributed by atoms with Crippen LogP contribution in [0.4, 0.5) is 0 Å². The third kappa shape index (κ3) is 6.50. The summed E-state index contributed by atoms with van der Waals surface area (Å²) in [7, 11) is 3.47. The molecule has 1 N–H and O–H groups in total. The Bertz CT molecular complexity index is 970. The van der Waals surface area contributed by atoms with Gasteiger partial charge in [0.05, 0.1) is 7.11 Å². The number of hydrogen-bond donors (Lipinski definition) is 1. The first-order valence-electron chi connectivity index (χ1n) is 9.36. The molecule has 0 aliphatic rings. The minimum absolute atomic E-state index is 0.336. The molecule has 2 aromatic carbocycles. The smallest absolute Gasteiger partial charge is 0.209 e. The number of halogens is 2. The molecule has 1 heterocycles. The molecule has 0 atom stereocenters. The Labute approximate surface area is 190 Å². The number of benzene rings is 2. The Morgan fingerprint density at radius 3 is 2.73 bits per heavy atom. The molecule has 7 nitrogen and oxygen atoms in total. The molecular weight excluding hydrogens is 445 g/mol. The summed E-state index contributed by atoms with van der Waals surface area (Å²) in [6, 6.07) is 11.3. The highest BCUT2D eigenvalue weighted by Gasteiger charge is 2.08. The van der Waals surface area contributed by atoms with Gasteiger partial charge >= 0.3 is 0 Å². The zero-order valence-electron chi connectivity index (χ0n) is 16.8. The summed E-state index contributed by atoms with van der Waals surface area (Å²) in [4.78, 5) is 0. The summed E-state index contributed by atoms with van der Waals surface area (Å²) in [5.74, 6) is 2.30. The highest BCUT2D eigenvalue weighted by molar-refractivity contribution is 7.99. The molecule has 0 aliphatic heterocycles. The predicted molar refractivity (Wildman–Crippen MR) is 120 cm³/mol. The van der Waals surface area contributed by atoms with Crippen molar-refractivity contribution in [1.82, 2.24) is 25.5 Å². The number of nitrogens with one attached hydrogen (secondary N) is 1. The molecule has 0 saturated carbocycles. The largest absolute Gasteiger partial charge is 0.493 e. The van der Waals surface area contributed by atoms with Crippen LogP contribution in [0.25, 0.3) is 0 Å². The van der Waals surface area contributed by atoms with Crippen molar-refractivity contribution in [2.75, 3.05) is 19.4 Å². The van der Waals surface area contributed by atoms with E-state index in [1.807, 2.05) is 31.3 Å². The van der Waals surface area contributed by atoms with Crippen molar-refractivity contribution in [3.63, 3.8) is 0 Å². The van der Waals surface area contributed by atoms with Gasteiger partial charge in [0.1, 0.15) is 6.61 Å². The fourth-order valence-corrected chi connectivity index (χ4v) is 3.92. The van der Waals surface area contributed by atoms with Crippen molar-refractivity contribution >= 4 is 35.0 Å². The van der Waals surface area contributed by atoms with Crippen LogP contribution in [0.1, 0.15) is 17.5 Å². The number of nitrogens with zero attached hydrogens (tertiary/aromatic N) is 4. The molecule has 1 aromatic heterocycles. The molecule has 0 spiro atoms. The number of rotatable bonds is 11. The van der Waals surface area contributed by atoms with E-state index in [1.165, 1.54) is 0 Å². The van der Waals surface area contributed by atoms with Crippen molar-refractivity contribution < 1.29 is 9.47 Å². The number of ether oxygens (including phenoxy) is 2. The lowest BCUT2D eigenvalue weighted by Gasteiger charge is -2.13. The number of hydrogen-bond acceptors (Lipinski definition) is 7. The van der Waals surface area contributed by atoms with Crippen molar-refractivity contribution in [3.8, 4) is 11.5 Å². The van der Waals surface area contributed by atoms with E-state index in [0.29, 0.717) is 28.2 Å². The predicted octanol–water partition coefficient (Wildman–Crippen LogP) is 4.38. The van der Waals surface area contributed by atoms with Gasteiger partial charge in [-0.25, -0.2) is 4.68 Å². The van der Waals surface area contributed by atoms with Crippen LogP contribution >= 0.6 is 35.0 Å². The van der Waals surface area contributed by atoms with Gasteiger partial charge in [-0.3, -0.25) is 0 Å². The average molecular weight is 468 g/mol. The number of thioether (sulfide) groups is 1. The van der Waals surface area contributed by atoms with Crippen LogP contribution in [-0.4, -0.2) is 39.6 Å². The van der Waals surface area contributed by atoms with Gasteiger partial charge < -0.3 is 14.8 Å². The van der Waals surface area contributed by atoms with Crippen molar-refractivity contribution in [1.29, 1.82) is 0 Å². The third-order valence-corrected chi connectivity index (χ3v) is 5.95. The maximum atomic E-state index is 6.21. The molecule has 0 unspecified atom stereocenters. The zero-order chi connectivity index (χ0) is 21.3. The van der Waals surface area contributed by atoms with Gasteiger partial charge in [0.15, 0.2) is 11.5 Å². The van der Waals surface area contributed by atoms with Gasteiger partial charge in [-0.1, -0.05) is 47.1 Å². The number of tetrazole rings is 1. The summed E-state index contributed by atoms with van der Waals surface area (Å²) in [5, 5.41) is 16.9. The van der Waals surface area contributed by atoms with E-state index < -0.39 is 0 Å². The molecule has 0 radical (unpaired) electrons. The second-order valence-electron chi connectivity index (χ2n) is 6.47. The molecule has 3 aromatic rings. The maximum absolute atomic E-state index is 6.21. The van der Waals surface area contributed by atoms with E-state index in [-0.39, 0.29) is 0 Å².